The molecule has 2 rings (SSSR count). The van der Waals surface area contributed by atoms with Crippen LogP contribution in [0.1, 0.15) is 5.56 Å². The molecule has 0 radical (unpaired) electrons. The molecule has 0 saturated carbocycles. The van der Waals surface area contributed by atoms with E-state index in [2.05, 4.69) is 10.4 Å². The molecule has 0 unspecified atom stereocenters. The highest BCUT2D eigenvalue weighted by Crippen LogP contribution is 2.20. The van der Waals surface area contributed by atoms with Crippen molar-refractivity contribution in [1.82, 2.24) is 4.98 Å². The van der Waals surface area contributed by atoms with E-state index in [1.54, 1.807) is 12.1 Å². The summed E-state index contributed by atoms with van der Waals surface area (Å²) in [6.07, 6.45) is 1.53. The Hall–Kier alpha value is -2.21. The Bertz CT molecular complexity index is 531. The van der Waals surface area contributed by atoms with Gasteiger partial charge < -0.3 is 10.2 Å². The van der Waals surface area contributed by atoms with Gasteiger partial charge in [-0.2, -0.15) is 4.39 Å². The second-order valence-corrected chi connectivity index (χ2v) is 3.54. The smallest absolute Gasteiger partial charge is 0.200 e. The van der Waals surface area contributed by atoms with E-state index in [1.165, 1.54) is 18.3 Å². The topological polar surface area (TPSA) is 60.2 Å². The lowest BCUT2D eigenvalue weighted by molar-refractivity contribution is 0.284. The van der Waals surface area contributed by atoms with Gasteiger partial charge in [0, 0.05) is 11.8 Å². The predicted octanol–water partition coefficient (Wildman–Crippen LogP) is 2.22. The summed E-state index contributed by atoms with van der Waals surface area (Å²) in [5.74, 6) is 3.62. The van der Waals surface area contributed by atoms with E-state index < -0.39 is 11.6 Å². The molecule has 0 aliphatic carbocycles. The van der Waals surface area contributed by atoms with Crippen LogP contribution in [-0.2, 0) is 6.61 Å². The van der Waals surface area contributed by atoms with Crippen molar-refractivity contribution in [3.8, 4) is 5.75 Å². The average Bonchev–Trinajstić information content (AvgIpc) is 2.41. The van der Waals surface area contributed by atoms with Gasteiger partial charge in [0.2, 0.25) is 5.82 Å². The third-order valence-electron chi connectivity index (χ3n) is 2.28. The van der Waals surface area contributed by atoms with E-state index in [4.69, 9.17) is 10.6 Å². The van der Waals surface area contributed by atoms with E-state index >= 15 is 0 Å². The molecule has 1 aromatic heterocycles. The third kappa shape index (κ3) is 2.72. The number of hydrazine groups is 1. The lowest BCUT2D eigenvalue weighted by Crippen LogP contribution is -2.08. The second kappa shape index (κ2) is 5.42. The van der Waals surface area contributed by atoms with Crippen molar-refractivity contribution in [2.24, 2.45) is 5.84 Å². The highest BCUT2D eigenvalue weighted by Gasteiger charge is 2.08. The molecule has 0 bridgehead atoms. The number of anilines is 1. The van der Waals surface area contributed by atoms with Gasteiger partial charge in [0.15, 0.2) is 11.6 Å². The van der Waals surface area contributed by atoms with Crippen LogP contribution < -0.4 is 16.0 Å². The van der Waals surface area contributed by atoms with E-state index in [-0.39, 0.29) is 12.4 Å². The van der Waals surface area contributed by atoms with E-state index in [1.807, 2.05) is 0 Å². The molecule has 0 aliphatic heterocycles. The van der Waals surface area contributed by atoms with Gasteiger partial charge in [0.05, 0.1) is 0 Å². The minimum Gasteiger partial charge on any atom is -0.486 e. The summed E-state index contributed by atoms with van der Waals surface area (Å²) in [5.41, 5.74) is 3.10. The SMILES string of the molecule is NNc1ccc(COc2cccc(F)c2F)cn1. The van der Waals surface area contributed by atoms with Crippen molar-refractivity contribution in [3.05, 3.63) is 53.7 Å². The highest BCUT2D eigenvalue weighted by molar-refractivity contribution is 5.33. The number of pyridine rings is 1. The minimum atomic E-state index is -0.995. The molecule has 18 heavy (non-hydrogen) atoms. The van der Waals surface area contributed by atoms with Crippen molar-refractivity contribution in [2.75, 3.05) is 5.43 Å². The Balaban J connectivity index is 2.04. The zero-order valence-corrected chi connectivity index (χ0v) is 9.36. The van der Waals surface area contributed by atoms with Gasteiger partial charge in [0.25, 0.3) is 0 Å². The van der Waals surface area contributed by atoms with Crippen LogP contribution in [0.25, 0.3) is 0 Å². The maximum Gasteiger partial charge on any atom is 0.200 e. The zero-order chi connectivity index (χ0) is 13.0. The number of nitrogens with two attached hydrogens (primary N) is 1. The van der Waals surface area contributed by atoms with Crippen LogP contribution in [0.15, 0.2) is 36.5 Å². The van der Waals surface area contributed by atoms with Gasteiger partial charge in [-0.25, -0.2) is 15.2 Å². The van der Waals surface area contributed by atoms with Crippen LogP contribution in [-0.4, -0.2) is 4.98 Å². The zero-order valence-electron chi connectivity index (χ0n) is 9.36. The van der Waals surface area contributed by atoms with Crippen LogP contribution in [0.4, 0.5) is 14.6 Å². The van der Waals surface area contributed by atoms with Gasteiger partial charge in [-0.05, 0) is 18.2 Å². The fraction of sp³-hybridized carbons (Fsp3) is 0.0833. The Morgan fingerprint density at radius 3 is 2.72 bits per heavy atom. The first-order valence-electron chi connectivity index (χ1n) is 5.19. The molecule has 0 atom stereocenters. The molecule has 0 aliphatic rings. The molecule has 0 saturated heterocycles. The molecule has 0 spiro atoms. The van der Waals surface area contributed by atoms with Gasteiger partial charge in [-0.15, -0.1) is 0 Å². The molecule has 6 heteroatoms. The molecular weight excluding hydrogens is 240 g/mol. The standard InChI is InChI=1S/C12H11F2N3O/c13-9-2-1-3-10(12(9)14)18-7-8-4-5-11(17-15)16-6-8/h1-6H,7,15H2,(H,16,17). The number of nitrogen functional groups attached to an aromatic ring is 1. The number of hydrogen-bond acceptors (Lipinski definition) is 4. The first-order valence-corrected chi connectivity index (χ1v) is 5.19. The maximum absolute atomic E-state index is 13.3. The first-order chi connectivity index (χ1) is 8.70. The largest absolute Gasteiger partial charge is 0.486 e. The number of nitrogens with zero attached hydrogens (tertiary/aromatic N) is 1. The quantitative estimate of drug-likeness (QED) is 0.646. The Morgan fingerprint density at radius 2 is 2.06 bits per heavy atom. The number of rotatable bonds is 4. The van der Waals surface area contributed by atoms with Crippen LogP contribution in [0, 0.1) is 11.6 Å². The van der Waals surface area contributed by atoms with Gasteiger partial charge in [0.1, 0.15) is 12.4 Å². The number of halogens is 2. The summed E-state index contributed by atoms with van der Waals surface area (Å²) in [6, 6.07) is 7.15. The van der Waals surface area contributed by atoms with Gasteiger partial charge >= 0.3 is 0 Å². The molecule has 3 N–H and O–H groups in total. The number of aromatic nitrogens is 1. The van der Waals surface area contributed by atoms with Crippen LogP contribution in [0.5, 0.6) is 5.75 Å². The second-order valence-electron chi connectivity index (χ2n) is 3.54. The number of nitrogens with one attached hydrogen (secondary N) is 1. The predicted molar refractivity (Wildman–Crippen MR) is 62.7 cm³/mol. The fourth-order valence-electron chi connectivity index (χ4n) is 1.35. The normalized spacial score (nSPS) is 10.2. The summed E-state index contributed by atoms with van der Waals surface area (Å²) in [7, 11) is 0. The fourth-order valence-corrected chi connectivity index (χ4v) is 1.35. The number of ether oxygens (including phenoxy) is 1. The molecule has 0 fully saturated rings. The lowest BCUT2D eigenvalue weighted by Gasteiger charge is -2.07. The molecule has 0 amide bonds. The Morgan fingerprint density at radius 1 is 1.22 bits per heavy atom. The van der Waals surface area contributed by atoms with Crippen molar-refractivity contribution >= 4 is 5.82 Å². The van der Waals surface area contributed by atoms with E-state index in [0.717, 1.165) is 11.6 Å². The summed E-state index contributed by atoms with van der Waals surface area (Å²) >= 11 is 0. The van der Waals surface area contributed by atoms with Crippen LogP contribution in [0.3, 0.4) is 0 Å². The maximum atomic E-state index is 13.3. The van der Waals surface area contributed by atoms with E-state index in [0.29, 0.717) is 5.82 Å². The lowest BCUT2D eigenvalue weighted by atomic mass is 10.3. The van der Waals surface area contributed by atoms with Crippen molar-refractivity contribution in [3.63, 3.8) is 0 Å². The molecule has 1 heterocycles. The van der Waals surface area contributed by atoms with Gasteiger partial charge in [-0.3, -0.25) is 0 Å². The molecule has 1 aromatic carbocycles. The molecule has 94 valence electrons. The van der Waals surface area contributed by atoms with Crippen molar-refractivity contribution < 1.29 is 13.5 Å². The average molecular weight is 251 g/mol. The number of hydrogen-bond donors (Lipinski definition) is 2. The highest BCUT2D eigenvalue weighted by atomic mass is 19.2. The summed E-state index contributed by atoms with van der Waals surface area (Å²) in [6.45, 7) is 0.0955. The summed E-state index contributed by atoms with van der Waals surface area (Å²) in [5, 5.41) is 0. The first kappa shape index (κ1) is 12.3. The molecule has 4 nitrogen and oxygen atoms in total. The van der Waals surface area contributed by atoms with E-state index in [9.17, 15) is 8.78 Å². The number of benzene rings is 1. The molecular formula is C12H11F2N3O. The van der Waals surface area contributed by atoms with Crippen molar-refractivity contribution in [2.45, 2.75) is 6.61 Å². The monoisotopic (exact) mass is 251 g/mol. The Kier molecular flexibility index (Phi) is 3.69. The molecule has 2 aromatic rings. The third-order valence-corrected chi connectivity index (χ3v) is 2.28. The summed E-state index contributed by atoms with van der Waals surface area (Å²) < 4.78 is 31.4. The Labute approximate surface area is 102 Å². The minimum absolute atomic E-state index is 0.0955. The summed E-state index contributed by atoms with van der Waals surface area (Å²) in [4.78, 5) is 3.97. The van der Waals surface area contributed by atoms with Crippen molar-refractivity contribution in [1.29, 1.82) is 0 Å². The van der Waals surface area contributed by atoms with Crippen LogP contribution in [0.2, 0.25) is 0 Å². The van der Waals surface area contributed by atoms with Gasteiger partial charge in [-0.1, -0.05) is 12.1 Å². The van der Waals surface area contributed by atoms with Crippen LogP contribution >= 0.6 is 0 Å².